The third kappa shape index (κ3) is 8.02. The maximum absolute atomic E-state index is 10.5. The van der Waals surface area contributed by atoms with Crippen LogP contribution in [0.5, 0.6) is 0 Å². The second-order valence-electron chi connectivity index (χ2n) is 3.08. The van der Waals surface area contributed by atoms with E-state index in [4.69, 9.17) is 11.6 Å². The number of unbranched alkanes of at least 4 members (excludes halogenated alkanes) is 1. The van der Waals surface area contributed by atoms with E-state index in [0.717, 1.165) is 19.3 Å². The maximum atomic E-state index is 10.5. The van der Waals surface area contributed by atoms with Crippen molar-refractivity contribution in [3.8, 4) is 0 Å². The number of carbonyl (C=O) groups excluding carboxylic acids is 1. The fourth-order valence-corrected chi connectivity index (χ4v) is 1.28. The number of aliphatic hydroxyl groups is 1. The Morgan fingerprint density at radius 1 is 1.42 bits per heavy atom. The Labute approximate surface area is 78.9 Å². The third-order valence-corrected chi connectivity index (χ3v) is 1.98. The monoisotopic (exact) mass is 192 g/mol. The molecule has 0 aromatic heterocycles. The molecule has 1 unspecified atom stereocenters. The number of alkyl halides is 1. The van der Waals surface area contributed by atoms with Crippen molar-refractivity contribution in [2.24, 2.45) is 0 Å². The smallest absolute Gasteiger partial charge is 0.129 e. The van der Waals surface area contributed by atoms with Gasteiger partial charge < -0.3 is 9.90 Å². The van der Waals surface area contributed by atoms with Gasteiger partial charge in [-0.1, -0.05) is 6.42 Å². The molecule has 72 valence electrons. The van der Waals surface area contributed by atoms with E-state index in [1.807, 2.05) is 0 Å². The van der Waals surface area contributed by atoms with Crippen LogP contribution in [0.1, 0.15) is 39.0 Å². The van der Waals surface area contributed by atoms with Crippen molar-refractivity contribution in [1.29, 1.82) is 0 Å². The molecule has 0 amide bonds. The molecule has 0 saturated carbocycles. The summed E-state index contributed by atoms with van der Waals surface area (Å²) >= 11 is 5.45. The molecule has 0 spiro atoms. The first-order valence-corrected chi connectivity index (χ1v) is 4.93. The predicted molar refractivity (Wildman–Crippen MR) is 50.5 cm³/mol. The van der Waals surface area contributed by atoms with Crippen molar-refractivity contribution >= 4 is 17.4 Å². The van der Waals surface area contributed by atoms with Crippen molar-refractivity contribution in [3.05, 3.63) is 0 Å². The highest BCUT2D eigenvalue weighted by Crippen LogP contribution is 2.07. The quantitative estimate of drug-likeness (QED) is 0.496. The van der Waals surface area contributed by atoms with E-state index >= 15 is 0 Å². The van der Waals surface area contributed by atoms with Crippen molar-refractivity contribution < 1.29 is 9.90 Å². The van der Waals surface area contributed by atoms with Crippen LogP contribution in [0.25, 0.3) is 0 Å². The SMILES string of the molecule is CC(=O)CCCCC(O)CCCl. The number of rotatable bonds is 7. The molecular formula is C9H17ClO2. The minimum atomic E-state index is -0.283. The lowest BCUT2D eigenvalue weighted by atomic mass is 10.1. The summed E-state index contributed by atoms with van der Waals surface area (Å²) in [7, 11) is 0. The normalized spacial score (nSPS) is 12.9. The Kier molecular flexibility index (Phi) is 7.51. The Morgan fingerprint density at radius 3 is 2.58 bits per heavy atom. The van der Waals surface area contributed by atoms with Gasteiger partial charge in [0.25, 0.3) is 0 Å². The molecule has 2 nitrogen and oxygen atoms in total. The van der Waals surface area contributed by atoms with Gasteiger partial charge in [0.15, 0.2) is 0 Å². The zero-order valence-corrected chi connectivity index (χ0v) is 8.31. The predicted octanol–water partition coefficient (Wildman–Crippen LogP) is 2.13. The molecule has 0 aliphatic rings. The highest BCUT2D eigenvalue weighted by Gasteiger charge is 2.02. The lowest BCUT2D eigenvalue weighted by Crippen LogP contribution is -2.06. The van der Waals surface area contributed by atoms with E-state index < -0.39 is 0 Å². The fraction of sp³-hybridized carbons (Fsp3) is 0.889. The molecule has 0 bridgehead atoms. The van der Waals surface area contributed by atoms with E-state index in [2.05, 4.69) is 0 Å². The average molecular weight is 193 g/mol. The standard InChI is InChI=1S/C9H17ClO2/c1-8(11)4-2-3-5-9(12)6-7-10/h9,12H,2-7H2,1H3. The van der Waals surface area contributed by atoms with Crippen LogP contribution in [-0.4, -0.2) is 22.9 Å². The summed E-state index contributed by atoms with van der Waals surface area (Å²) in [5.74, 6) is 0.732. The van der Waals surface area contributed by atoms with Gasteiger partial charge in [0.2, 0.25) is 0 Å². The molecule has 0 saturated heterocycles. The van der Waals surface area contributed by atoms with Crippen molar-refractivity contribution in [1.82, 2.24) is 0 Å². The second-order valence-corrected chi connectivity index (χ2v) is 3.46. The second kappa shape index (κ2) is 7.56. The van der Waals surface area contributed by atoms with Crippen molar-refractivity contribution in [2.45, 2.75) is 45.1 Å². The minimum absolute atomic E-state index is 0.224. The van der Waals surface area contributed by atoms with Crippen molar-refractivity contribution in [3.63, 3.8) is 0 Å². The highest BCUT2D eigenvalue weighted by atomic mass is 35.5. The van der Waals surface area contributed by atoms with Gasteiger partial charge in [-0.15, -0.1) is 11.6 Å². The number of Topliss-reactive ketones (excluding diaryl/α,β-unsaturated/α-hetero) is 1. The molecule has 0 aromatic rings. The molecule has 1 atom stereocenters. The fourth-order valence-electron chi connectivity index (χ4n) is 1.02. The summed E-state index contributed by atoms with van der Waals surface area (Å²) < 4.78 is 0. The van der Waals surface area contributed by atoms with E-state index in [1.165, 1.54) is 0 Å². The van der Waals surface area contributed by atoms with E-state index in [0.29, 0.717) is 18.7 Å². The summed E-state index contributed by atoms with van der Waals surface area (Å²) in [6.45, 7) is 1.59. The molecule has 0 fully saturated rings. The zero-order chi connectivity index (χ0) is 9.40. The molecule has 0 heterocycles. The van der Waals surface area contributed by atoms with Gasteiger partial charge in [0.05, 0.1) is 6.10 Å². The number of carbonyl (C=O) groups is 1. The van der Waals surface area contributed by atoms with Crippen LogP contribution in [0.3, 0.4) is 0 Å². The van der Waals surface area contributed by atoms with Gasteiger partial charge in [-0.25, -0.2) is 0 Å². The van der Waals surface area contributed by atoms with Crippen LogP contribution in [0.2, 0.25) is 0 Å². The van der Waals surface area contributed by atoms with Crippen LogP contribution in [0, 0.1) is 0 Å². The zero-order valence-electron chi connectivity index (χ0n) is 7.55. The van der Waals surface area contributed by atoms with Gasteiger partial charge in [0.1, 0.15) is 5.78 Å². The molecule has 0 aromatic carbocycles. The lowest BCUT2D eigenvalue weighted by molar-refractivity contribution is -0.117. The minimum Gasteiger partial charge on any atom is -0.393 e. The maximum Gasteiger partial charge on any atom is 0.129 e. The highest BCUT2D eigenvalue weighted by molar-refractivity contribution is 6.17. The number of hydrogen-bond acceptors (Lipinski definition) is 2. The number of hydrogen-bond donors (Lipinski definition) is 1. The van der Waals surface area contributed by atoms with Gasteiger partial charge in [-0.3, -0.25) is 0 Å². The van der Waals surface area contributed by atoms with Crippen LogP contribution < -0.4 is 0 Å². The first kappa shape index (κ1) is 11.9. The molecular weight excluding hydrogens is 176 g/mol. The van der Waals surface area contributed by atoms with Gasteiger partial charge in [-0.2, -0.15) is 0 Å². The number of aliphatic hydroxyl groups excluding tert-OH is 1. The van der Waals surface area contributed by atoms with Gasteiger partial charge in [-0.05, 0) is 26.2 Å². The Morgan fingerprint density at radius 2 is 2.08 bits per heavy atom. The molecule has 0 radical (unpaired) electrons. The van der Waals surface area contributed by atoms with Crippen LogP contribution >= 0.6 is 11.6 Å². The van der Waals surface area contributed by atoms with Crippen LogP contribution in [0.15, 0.2) is 0 Å². The summed E-state index contributed by atoms with van der Waals surface area (Å²) in [6.07, 6.45) is 3.57. The average Bonchev–Trinajstić information content (AvgIpc) is 1.98. The van der Waals surface area contributed by atoms with E-state index in [1.54, 1.807) is 6.92 Å². The van der Waals surface area contributed by atoms with Crippen molar-refractivity contribution in [2.75, 3.05) is 5.88 Å². The molecule has 0 rings (SSSR count). The first-order chi connectivity index (χ1) is 5.66. The lowest BCUT2D eigenvalue weighted by Gasteiger charge is -2.06. The first-order valence-electron chi connectivity index (χ1n) is 4.40. The third-order valence-electron chi connectivity index (χ3n) is 1.76. The molecule has 1 N–H and O–H groups in total. The van der Waals surface area contributed by atoms with Crippen LogP contribution in [-0.2, 0) is 4.79 Å². The van der Waals surface area contributed by atoms with Gasteiger partial charge >= 0.3 is 0 Å². The summed E-state index contributed by atoms with van der Waals surface area (Å²) in [5.41, 5.74) is 0. The molecule has 0 aliphatic heterocycles. The molecule has 0 aliphatic carbocycles. The molecule has 3 heteroatoms. The topological polar surface area (TPSA) is 37.3 Å². The number of halogens is 1. The van der Waals surface area contributed by atoms with E-state index in [-0.39, 0.29) is 11.9 Å². The molecule has 12 heavy (non-hydrogen) atoms. The summed E-state index contributed by atoms with van der Waals surface area (Å²) in [4.78, 5) is 10.5. The largest absolute Gasteiger partial charge is 0.393 e. The van der Waals surface area contributed by atoms with E-state index in [9.17, 15) is 9.90 Å². The Balaban J connectivity index is 3.13. The summed E-state index contributed by atoms with van der Waals surface area (Å²) in [5, 5.41) is 9.25. The Hall–Kier alpha value is -0.0800. The number of ketones is 1. The summed E-state index contributed by atoms with van der Waals surface area (Å²) in [6, 6.07) is 0. The van der Waals surface area contributed by atoms with Gasteiger partial charge in [0, 0.05) is 12.3 Å². The van der Waals surface area contributed by atoms with Crippen LogP contribution in [0.4, 0.5) is 0 Å². The Bertz CT molecular complexity index is 126.